The maximum Gasteiger partial charge on any atom is 0.380 e. The van der Waals surface area contributed by atoms with Crippen LogP contribution in [0.4, 0.5) is 0 Å². The number of rotatable bonds is 4. The maximum absolute atomic E-state index is 10.2. The van der Waals surface area contributed by atoms with Crippen LogP contribution in [0.5, 0.6) is 0 Å². The summed E-state index contributed by atoms with van der Waals surface area (Å²) in [5.41, 5.74) is 2.71. The first kappa shape index (κ1) is 20.5. The zero-order valence-corrected chi connectivity index (χ0v) is 16.7. The SMILES string of the molecule is C[n+]1cc(-c2ccccc2)oc1-c1ccccc1.O=S(=O)([O-])Cc1ccccc1. The molecular formula is C23H21NO4S. The molecule has 5 nitrogen and oxygen atoms in total. The van der Waals surface area contributed by atoms with Crippen LogP contribution >= 0.6 is 0 Å². The molecule has 0 amide bonds. The van der Waals surface area contributed by atoms with Gasteiger partial charge in [-0.15, -0.1) is 0 Å². The van der Waals surface area contributed by atoms with Crippen molar-refractivity contribution < 1.29 is 22.0 Å². The predicted molar refractivity (Wildman–Crippen MR) is 111 cm³/mol. The van der Waals surface area contributed by atoms with Gasteiger partial charge in [0.15, 0.2) is 0 Å². The summed E-state index contributed by atoms with van der Waals surface area (Å²) in [5, 5.41) is 0. The minimum absolute atomic E-state index is 0.423. The summed E-state index contributed by atoms with van der Waals surface area (Å²) in [6, 6.07) is 28.6. The molecule has 0 radical (unpaired) electrons. The van der Waals surface area contributed by atoms with Gasteiger partial charge in [-0.1, -0.05) is 78.9 Å². The van der Waals surface area contributed by atoms with Crippen molar-refractivity contribution in [3.63, 3.8) is 0 Å². The summed E-state index contributed by atoms with van der Waals surface area (Å²) in [6.07, 6.45) is 2.01. The monoisotopic (exact) mass is 407 g/mol. The molecule has 29 heavy (non-hydrogen) atoms. The van der Waals surface area contributed by atoms with E-state index in [0.29, 0.717) is 5.56 Å². The van der Waals surface area contributed by atoms with Crippen LogP contribution in [0.3, 0.4) is 0 Å². The lowest BCUT2D eigenvalue weighted by atomic mass is 10.2. The molecule has 0 aliphatic heterocycles. The average molecular weight is 407 g/mol. The van der Waals surface area contributed by atoms with E-state index in [4.69, 9.17) is 4.42 Å². The highest BCUT2D eigenvalue weighted by Gasteiger charge is 2.18. The van der Waals surface area contributed by atoms with Crippen molar-refractivity contribution in [3.05, 3.63) is 103 Å². The molecule has 3 aromatic carbocycles. The lowest BCUT2D eigenvalue weighted by molar-refractivity contribution is -0.662. The molecule has 0 bridgehead atoms. The van der Waals surface area contributed by atoms with Crippen LogP contribution in [0.25, 0.3) is 22.8 Å². The largest absolute Gasteiger partial charge is 0.748 e. The highest BCUT2D eigenvalue weighted by atomic mass is 32.2. The Morgan fingerprint density at radius 1 is 0.793 bits per heavy atom. The van der Waals surface area contributed by atoms with E-state index in [1.54, 1.807) is 30.3 Å². The Kier molecular flexibility index (Phi) is 6.59. The second-order valence-corrected chi connectivity index (χ2v) is 7.84. The molecule has 0 atom stereocenters. The summed E-state index contributed by atoms with van der Waals surface area (Å²) < 4.78 is 38.7. The van der Waals surface area contributed by atoms with Crippen LogP contribution in [-0.2, 0) is 22.9 Å². The van der Waals surface area contributed by atoms with E-state index < -0.39 is 15.9 Å². The van der Waals surface area contributed by atoms with E-state index in [0.717, 1.165) is 22.8 Å². The topological polar surface area (TPSA) is 74.2 Å². The summed E-state index contributed by atoms with van der Waals surface area (Å²) in [5.74, 6) is 1.33. The van der Waals surface area contributed by atoms with Gasteiger partial charge in [0, 0.05) is 5.56 Å². The first-order valence-electron chi connectivity index (χ1n) is 9.00. The zero-order chi connectivity index (χ0) is 20.7. The molecule has 4 rings (SSSR count). The van der Waals surface area contributed by atoms with Crippen molar-refractivity contribution in [1.82, 2.24) is 0 Å². The van der Waals surface area contributed by atoms with Gasteiger partial charge < -0.3 is 8.97 Å². The number of hydrogen-bond donors (Lipinski definition) is 0. The van der Waals surface area contributed by atoms with E-state index in [2.05, 4.69) is 0 Å². The number of benzene rings is 3. The van der Waals surface area contributed by atoms with Gasteiger partial charge in [-0.2, -0.15) is 4.57 Å². The molecule has 1 heterocycles. The van der Waals surface area contributed by atoms with Crippen molar-refractivity contribution in [2.45, 2.75) is 5.75 Å². The number of hydrogen-bond acceptors (Lipinski definition) is 4. The van der Waals surface area contributed by atoms with Crippen LogP contribution in [0.2, 0.25) is 0 Å². The lowest BCUT2D eigenvalue weighted by Gasteiger charge is -2.05. The quantitative estimate of drug-likeness (QED) is 0.376. The standard InChI is InChI=1S/C16H14NO.C7H8O3S/c1-17-12-15(13-8-4-2-5-9-13)18-16(17)14-10-6-3-7-11-14;8-11(9,10)6-7-4-2-1-3-5-7/h2-12H,1H3;1-5H,6H2,(H,8,9,10)/q+1;/p-1. The van der Waals surface area contributed by atoms with Crippen molar-refractivity contribution in [2.24, 2.45) is 7.05 Å². The fraction of sp³-hybridized carbons (Fsp3) is 0.0870. The molecule has 148 valence electrons. The zero-order valence-electron chi connectivity index (χ0n) is 15.9. The average Bonchev–Trinajstić information content (AvgIpc) is 3.11. The van der Waals surface area contributed by atoms with E-state index >= 15 is 0 Å². The summed E-state index contributed by atoms with van der Waals surface area (Å²) >= 11 is 0. The van der Waals surface area contributed by atoms with Gasteiger partial charge in [-0.05, 0) is 17.7 Å². The first-order chi connectivity index (χ1) is 13.9. The maximum atomic E-state index is 10.2. The van der Waals surface area contributed by atoms with Crippen molar-refractivity contribution >= 4 is 10.1 Å². The van der Waals surface area contributed by atoms with Gasteiger partial charge in [0.25, 0.3) is 0 Å². The fourth-order valence-electron chi connectivity index (χ4n) is 2.79. The predicted octanol–water partition coefficient (Wildman–Crippen LogP) is 4.17. The van der Waals surface area contributed by atoms with Crippen LogP contribution in [0, 0.1) is 0 Å². The minimum Gasteiger partial charge on any atom is -0.748 e. The molecule has 0 spiro atoms. The van der Waals surface area contributed by atoms with Crippen molar-refractivity contribution in [1.29, 1.82) is 0 Å². The second kappa shape index (κ2) is 9.32. The van der Waals surface area contributed by atoms with Gasteiger partial charge in [0.2, 0.25) is 12.0 Å². The fourth-order valence-corrected chi connectivity index (χ4v) is 3.40. The van der Waals surface area contributed by atoms with Crippen LogP contribution in [0.15, 0.2) is 102 Å². The van der Waals surface area contributed by atoms with Gasteiger partial charge >= 0.3 is 5.89 Å². The Bertz CT molecular complexity index is 1140. The number of aromatic nitrogens is 1. The van der Waals surface area contributed by atoms with Gasteiger partial charge in [0.05, 0.1) is 21.4 Å². The van der Waals surface area contributed by atoms with Crippen LogP contribution < -0.4 is 4.57 Å². The van der Waals surface area contributed by atoms with E-state index in [1.807, 2.05) is 78.5 Å². The van der Waals surface area contributed by atoms with Gasteiger partial charge in [0.1, 0.15) is 7.05 Å². The molecule has 4 aromatic rings. The van der Waals surface area contributed by atoms with Crippen LogP contribution in [0.1, 0.15) is 5.56 Å². The molecule has 0 saturated heterocycles. The van der Waals surface area contributed by atoms with Crippen molar-refractivity contribution in [3.8, 4) is 22.8 Å². The Morgan fingerprint density at radius 3 is 1.79 bits per heavy atom. The number of aryl methyl sites for hydroxylation is 1. The Hall–Kier alpha value is -3.22. The number of oxazole rings is 1. The molecule has 6 heteroatoms. The molecule has 0 aliphatic carbocycles. The molecule has 0 unspecified atom stereocenters. The van der Waals surface area contributed by atoms with Gasteiger partial charge in [-0.25, -0.2) is 8.42 Å². The van der Waals surface area contributed by atoms with E-state index in [9.17, 15) is 13.0 Å². The Morgan fingerprint density at radius 2 is 1.28 bits per heavy atom. The molecule has 0 fully saturated rings. The summed E-state index contributed by atoms with van der Waals surface area (Å²) in [7, 11) is -2.13. The Balaban J connectivity index is 0.000000188. The summed E-state index contributed by atoms with van der Waals surface area (Å²) in [6.45, 7) is 0. The molecule has 0 saturated carbocycles. The smallest absolute Gasteiger partial charge is 0.380 e. The minimum atomic E-state index is -4.13. The van der Waals surface area contributed by atoms with Gasteiger partial charge in [-0.3, -0.25) is 0 Å². The molecule has 0 aliphatic rings. The molecule has 1 aromatic heterocycles. The third-order valence-corrected chi connectivity index (χ3v) is 4.79. The lowest BCUT2D eigenvalue weighted by Crippen LogP contribution is -2.26. The Labute approximate surface area is 170 Å². The highest BCUT2D eigenvalue weighted by Crippen LogP contribution is 2.24. The third kappa shape index (κ3) is 6.14. The molecule has 0 N–H and O–H groups in total. The second-order valence-electron chi connectivity index (χ2n) is 6.43. The van der Waals surface area contributed by atoms with Crippen molar-refractivity contribution in [2.75, 3.05) is 0 Å². The number of nitrogens with zero attached hydrogens (tertiary/aromatic N) is 1. The summed E-state index contributed by atoms with van der Waals surface area (Å²) in [4.78, 5) is 0. The third-order valence-electron chi connectivity index (χ3n) is 4.10. The molecular weight excluding hydrogens is 386 g/mol. The van der Waals surface area contributed by atoms with E-state index in [-0.39, 0.29) is 0 Å². The highest BCUT2D eigenvalue weighted by molar-refractivity contribution is 7.84. The van der Waals surface area contributed by atoms with E-state index in [1.165, 1.54) is 0 Å². The first-order valence-corrected chi connectivity index (χ1v) is 10.6. The normalized spacial score (nSPS) is 10.8. The van der Waals surface area contributed by atoms with Crippen LogP contribution in [-0.4, -0.2) is 13.0 Å².